The zero-order valence-electron chi connectivity index (χ0n) is 14.4. The average molecular weight is 414 g/mol. The fraction of sp³-hybridized carbons (Fsp3) is 0.278. The van der Waals surface area contributed by atoms with Crippen molar-refractivity contribution < 1.29 is 22.9 Å². The number of nitro groups is 1. The van der Waals surface area contributed by atoms with E-state index >= 15 is 0 Å². The molecule has 0 saturated carbocycles. The van der Waals surface area contributed by atoms with Crippen LogP contribution >= 0.6 is 11.6 Å². The molecule has 0 unspecified atom stereocenters. The summed E-state index contributed by atoms with van der Waals surface area (Å²) >= 11 is 5.87. The van der Waals surface area contributed by atoms with E-state index in [1.165, 1.54) is 29.2 Å². The number of carbonyl (C=O) groups excluding carboxylic acids is 1. The smallest absolute Gasteiger partial charge is 0.368 e. The molecule has 1 heterocycles. The Kier molecular flexibility index (Phi) is 5.46. The summed E-state index contributed by atoms with van der Waals surface area (Å²) < 4.78 is 38.7. The largest absolute Gasteiger partial charge is 0.416 e. The number of benzene rings is 2. The van der Waals surface area contributed by atoms with Gasteiger partial charge in [-0.1, -0.05) is 17.7 Å². The van der Waals surface area contributed by atoms with Gasteiger partial charge in [0.1, 0.15) is 5.56 Å². The first kappa shape index (κ1) is 19.9. The molecule has 2 aromatic rings. The number of hydrogen-bond acceptors (Lipinski definition) is 4. The summed E-state index contributed by atoms with van der Waals surface area (Å²) in [6, 6.07) is 8.75. The highest BCUT2D eigenvalue weighted by molar-refractivity contribution is 6.31. The zero-order valence-corrected chi connectivity index (χ0v) is 15.2. The zero-order chi connectivity index (χ0) is 20.5. The lowest BCUT2D eigenvalue weighted by atomic mass is 10.1. The summed E-state index contributed by atoms with van der Waals surface area (Å²) in [7, 11) is 0. The van der Waals surface area contributed by atoms with Crippen LogP contribution in [0.2, 0.25) is 5.02 Å². The van der Waals surface area contributed by atoms with Crippen molar-refractivity contribution in [2.45, 2.75) is 6.18 Å². The van der Waals surface area contributed by atoms with Gasteiger partial charge in [-0.05, 0) is 30.3 Å². The molecule has 1 aliphatic rings. The van der Waals surface area contributed by atoms with Crippen molar-refractivity contribution in [3.05, 3.63) is 68.7 Å². The third-order valence-electron chi connectivity index (χ3n) is 4.49. The van der Waals surface area contributed by atoms with Crippen molar-refractivity contribution in [3.63, 3.8) is 0 Å². The quantitative estimate of drug-likeness (QED) is 0.558. The highest BCUT2D eigenvalue weighted by Gasteiger charge is 2.32. The van der Waals surface area contributed by atoms with Gasteiger partial charge in [0, 0.05) is 43.0 Å². The topological polar surface area (TPSA) is 66.7 Å². The number of alkyl halides is 3. The lowest BCUT2D eigenvalue weighted by Crippen LogP contribution is -2.49. The van der Waals surface area contributed by atoms with Crippen LogP contribution in [-0.4, -0.2) is 41.9 Å². The highest BCUT2D eigenvalue weighted by atomic mass is 35.5. The summed E-state index contributed by atoms with van der Waals surface area (Å²) in [6.07, 6.45) is -4.43. The van der Waals surface area contributed by atoms with Crippen LogP contribution in [0.15, 0.2) is 42.5 Å². The van der Waals surface area contributed by atoms with E-state index in [2.05, 4.69) is 0 Å². The van der Waals surface area contributed by atoms with Gasteiger partial charge in [0.15, 0.2) is 0 Å². The van der Waals surface area contributed by atoms with Gasteiger partial charge in [0.25, 0.3) is 11.6 Å². The molecule has 0 bridgehead atoms. The number of hydrogen-bond donors (Lipinski definition) is 0. The Bertz CT molecular complexity index is 912. The Labute approximate surface area is 163 Å². The maximum atomic E-state index is 12.9. The third-order valence-corrected chi connectivity index (χ3v) is 4.73. The van der Waals surface area contributed by atoms with E-state index in [1.54, 1.807) is 11.0 Å². The lowest BCUT2D eigenvalue weighted by molar-refractivity contribution is -0.385. The normalized spacial score (nSPS) is 14.9. The molecule has 1 saturated heterocycles. The van der Waals surface area contributed by atoms with Gasteiger partial charge in [-0.15, -0.1) is 0 Å². The second-order valence-electron chi connectivity index (χ2n) is 6.25. The number of nitrogens with zero attached hydrogens (tertiary/aromatic N) is 3. The predicted octanol–water partition coefficient (Wildman–Crippen LogP) is 4.23. The second kappa shape index (κ2) is 7.67. The maximum absolute atomic E-state index is 12.9. The highest BCUT2D eigenvalue weighted by Crippen LogP contribution is 2.32. The number of nitro benzene ring substituents is 1. The van der Waals surface area contributed by atoms with Crippen LogP contribution < -0.4 is 4.90 Å². The van der Waals surface area contributed by atoms with Gasteiger partial charge in [-0.25, -0.2) is 0 Å². The van der Waals surface area contributed by atoms with Crippen LogP contribution in [0.25, 0.3) is 0 Å². The van der Waals surface area contributed by atoms with Gasteiger partial charge in [0.05, 0.1) is 10.5 Å². The number of piperazine rings is 1. The molecule has 1 amide bonds. The molecular formula is C18H15ClF3N3O3. The molecule has 0 N–H and O–H groups in total. The lowest BCUT2D eigenvalue weighted by Gasteiger charge is -2.36. The monoisotopic (exact) mass is 413 g/mol. The third kappa shape index (κ3) is 4.19. The van der Waals surface area contributed by atoms with Gasteiger partial charge in [-0.3, -0.25) is 14.9 Å². The molecule has 2 aromatic carbocycles. The fourth-order valence-electron chi connectivity index (χ4n) is 3.06. The Morgan fingerprint density at radius 3 is 2.36 bits per heavy atom. The molecule has 0 radical (unpaired) electrons. The number of amides is 1. The van der Waals surface area contributed by atoms with E-state index in [4.69, 9.17) is 11.6 Å². The molecule has 0 aliphatic carbocycles. The number of rotatable bonds is 3. The van der Waals surface area contributed by atoms with Crippen molar-refractivity contribution in [1.82, 2.24) is 4.90 Å². The van der Waals surface area contributed by atoms with Crippen LogP contribution in [0, 0.1) is 10.1 Å². The maximum Gasteiger partial charge on any atom is 0.416 e. The Morgan fingerprint density at radius 2 is 1.75 bits per heavy atom. The van der Waals surface area contributed by atoms with Crippen LogP contribution in [-0.2, 0) is 6.18 Å². The van der Waals surface area contributed by atoms with E-state index in [0.29, 0.717) is 18.8 Å². The minimum absolute atomic E-state index is 0.106. The summed E-state index contributed by atoms with van der Waals surface area (Å²) in [5.41, 5.74) is -0.770. The fourth-order valence-corrected chi connectivity index (χ4v) is 3.23. The van der Waals surface area contributed by atoms with Crippen molar-refractivity contribution in [3.8, 4) is 0 Å². The van der Waals surface area contributed by atoms with Gasteiger partial charge in [0.2, 0.25) is 0 Å². The molecule has 10 heteroatoms. The van der Waals surface area contributed by atoms with Gasteiger partial charge in [-0.2, -0.15) is 13.2 Å². The molecule has 0 spiro atoms. The summed E-state index contributed by atoms with van der Waals surface area (Å²) in [6.45, 7) is 1.06. The summed E-state index contributed by atoms with van der Waals surface area (Å²) in [5.74, 6) is -0.530. The first-order valence-corrected chi connectivity index (χ1v) is 8.70. The van der Waals surface area contributed by atoms with Gasteiger partial charge >= 0.3 is 6.18 Å². The first-order chi connectivity index (χ1) is 13.2. The Balaban J connectivity index is 1.74. The molecule has 1 aliphatic heterocycles. The predicted molar refractivity (Wildman–Crippen MR) is 97.7 cm³/mol. The van der Waals surface area contributed by atoms with Crippen molar-refractivity contribution in [1.29, 1.82) is 0 Å². The van der Waals surface area contributed by atoms with E-state index in [1.807, 2.05) is 0 Å². The summed E-state index contributed by atoms with van der Waals surface area (Å²) in [4.78, 5) is 26.4. The standard InChI is InChI=1S/C18H15ClF3N3O3/c19-13-4-5-16(25(27)28)15(11-13)17(26)24-8-6-23(7-9-24)14-3-1-2-12(10-14)18(20,21)22/h1-5,10-11H,6-9H2. The Morgan fingerprint density at radius 1 is 1.07 bits per heavy atom. The van der Waals surface area contributed by atoms with Gasteiger partial charge < -0.3 is 9.80 Å². The summed E-state index contributed by atoms with van der Waals surface area (Å²) in [5, 5.41) is 11.4. The van der Waals surface area contributed by atoms with Crippen LogP contribution in [0.5, 0.6) is 0 Å². The molecular weight excluding hydrogens is 399 g/mol. The molecule has 0 atom stereocenters. The first-order valence-electron chi connectivity index (χ1n) is 8.32. The molecule has 0 aromatic heterocycles. The van der Waals surface area contributed by atoms with E-state index in [0.717, 1.165) is 12.1 Å². The molecule has 28 heavy (non-hydrogen) atoms. The minimum Gasteiger partial charge on any atom is -0.368 e. The second-order valence-corrected chi connectivity index (χ2v) is 6.68. The Hall–Kier alpha value is -2.81. The van der Waals surface area contributed by atoms with Crippen LogP contribution in [0.4, 0.5) is 24.5 Å². The number of anilines is 1. The van der Waals surface area contributed by atoms with Crippen LogP contribution in [0.1, 0.15) is 15.9 Å². The van der Waals surface area contributed by atoms with Crippen molar-refractivity contribution in [2.75, 3.05) is 31.1 Å². The van der Waals surface area contributed by atoms with E-state index in [9.17, 15) is 28.1 Å². The SMILES string of the molecule is O=C(c1cc(Cl)ccc1[N+](=O)[O-])N1CCN(c2cccc(C(F)(F)F)c2)CC1. The average Bonchev–Trinajstić information content (AvgIpc) is 2.66. The van der Waals surface area contributed by atoms with Crippen molar-refractivity contribution in [2.24, 2.45) is 0 Å². The number of halogens is 4. The van der Waals surface area contributed by atoms with Crippen molar-refractivity contribution >= 4 is 28.9 Å². The molecule has 6 nitrogen and oxygen atoms in total. The number of carbonyl (C=O) groups is 1. The molecule has 1 fully saturated rings. The molecule has 148 valence electrons. The minimum atomic E-state index is -4.43. The van der Waals surface area contributed by atoms with E-state index < -0.39 is 22.6 Å². The van der Waals surface area contributed by atoms with E-state index in [-0.39, 0.29) is 29.4 Å². The van der Waals surface area contributed by atoms with Crippen LogP contribution in [0.3, 0.4) is 0 Å². The molecule has 3 rings (SSSR count).